The van der Waals surface area contributed by atoms with Gasteiger partial charge in [0.15, 0.2) is 0 Å². The molecule has 3 aromatic rings. The molecule has 1 aliphatic rings. The lowest BCUT2D eigenvalue weighted by atomic mass is 10.0. The third-order valence-electron chi connectivity index (χ3n) is 4.49. The number of anilines is 1. The van der Waals surface area contributed by atoms with E-state index < -0.39 is 6.03 Å². The van der Waals surface area contributed by atoms with E-state index in [2.05, 4.69) is 45.5 Å². The van der Waals surface area contributed by atoms with E-state index in [0.717, 1.165) is 30.3 Å². The summed E-state index contributed by atoms with van der Waals surface area (Å²) in [6.07, 6.45) is 1.79. The molecule has 6 heteroatoms. The number of fused-ring (bicyclic) bond motifs is 1. The van der Waals surface area contributed by atoms with E-state index in [1.807, 2.05) is 18.2 Å². The highest BCUT2D eigenvalue weighted by Gasteiger charge is 2.28. The summed E-state index contributed by atoms with van der Waals surface area (Å²) in [7, 11) is 0. The van der Waals surface area contributed by atoms with Crippen LogP contribution in [-0.4, -0.2) is 35.6 Å². The minimum atomic E-state index is -0.479. The van der Waals surface area contributed by atoms with Crippen LogP contribution in [0.2, 0.25) is 0 Å². The molecule has 0 radical (unpaired) electrons. The lowest BCUT2D eigenvalue weighted by Gasteiger charge is -2.39. The Kier molecular flexibility index (Phi) is 3.93. The van der Waals surface area contributed by atoms with Gasteiger partial charge in [-0.3, -0.25) is 0 Å². The number of carbonyl (C=O) groups is 1. The van der Waals surface area contributed by atoms with Gasteiger partial charge in [0, 0.05) is 37.3 Å². The second-order valence-corrected chi connectivity index (χ2v) is 6.32. The zero-order chi connectivity index (χ0) is 17.2. The van der Waals surface area contributed by atoms with Gasteiger partial charge < -0.3 is 16.0 Å². The van der Waals surface area contributed by atoms with Crippen molar-refractivity contribution in [3.05, 3.63) is 54.7 Å². The predicted octanol–water partition coefficient (Wildman–Crippen LogP) is 2.40. The van der Waals surface area contributed by atoms with Crippen molar-refractivity contribution in [3.8, 4) is 11.3 Å². The molecular formula is C19H19N5O. The van der Waals surface area contributed by atoms with Gasteiger partial charge in [-0.05, 0) is 22.9 Å². The van der Waals surface area contributed by atoms with Crippen molar-refractivity contribution in [1.29, 1.82) is 0 Å². The number of nitrogens with zero attached hydrogens (tertiary/aromatic N) is 3. The Bertz CT molecular complexity index is 920. The van der Waals surface area contributed by atoms with Crippen LogP contribution in [0.15, 0.2) is 54.7 Å². The van der Waals surface area contributed by atoms with Crippen LogP contribution in [0.1, 0.15) is 0 Å². The Labute approximate surface area is 145 Å². The molecule has 1 fully saturated rings. The van der Waals surface area contributed by atoms with E-state index in [1.165, 1.54) is 10.8 Å². The Morgan fingerprint density at radius 1 is 1.16 bits per heavy atom. The lowest BCUT2D eigenvalue weighted by molar-refractivity contribution is 0.245. The van der Waals surface area contributed by atoms with Gasteiger partial charge in [0.05, 0.1) is 5.69 Å². The van der Waals surface area contributed by atoms with Gasteiger partial charge in [0.1, 0.15) is 0 Å². The molecule has 0 spiro atoms. The first kappa shape index (κ1) is 15.4. The number of primary amides is 1. The molecule has 0 saturated carbocycles. The second-order valence-electron chi connectivity index (χ2n) is 6.32. The molecule has 1 aliphatic heterocycles. The third-order valence-corrected chi connectivity index (χ3v) is 4.49. The van der Waals surface area contributed by atoms with Crippen molar-refractivity contribution in [2.75, 3.05) is 24.5 Å². The van der Waals surface area contributed by atoms with Crippen LogP contribution in [0.5, 0.6) is 0 Å². The molecule has 126 valence electrons. The number of carbonyl (C=O) groups excluding carboxylic acids is 1. The molecule has 2 heterocycles. The molecule has 4 rings (SSSR count). The summed E-state index contributed by atoms with van der Waals surface area (Å²) in [4.78, 5) is 22.0. The van der Waals surface area contributed by atoms with Crippen molar-refractivity contribution >= 4 is 22.8 Å². The molecule has 0 bridgehead atoms. The molecular weight excluding hydrogens is 314 g/mol. The van der Waals surface area contributed by atoms with Gasteiger partial charge in [-0.1, -0.05) is 36.4 Å². The quantitative estimate of drug-likeness (QED) is 0.768. The highest BCUT2D eigenvalue weighted by atomic mass is 16.2. The number of nitrogens with two attached hydrogens (primary N) is 1. The summed E-state index contributed by atoms with van der Waals surface area (Å²) in [5, 5.41) is 5.06. The number of amides is 2. The average Bonchev–Trinajstić information content (AvgIpc) is 2.60. The third kappa shape index (κ3) is 3.24. The Morgan fingerprint density at radius 3 is 2.76 bits per heavy atom. The van der Waals surface area contributed by atoms with Gasteiger partial charge in [0.2, 0.25) is 5.95 Å². The fraction of sp³-hybridized carbons (Fsp3) is 0.211. The molecule has 6 nitrogen and oxygen atoms in total. The predicted molar refractivity (Wildman–Crippen MR) is 98.3 cm³/mol. The molecule has 0 unspecified atom stereocenters. The van der Waals surface area contributed by atoms with E-state index in [4.69, 9.17) is 10.7 Å². The molecule has 0 atom stereocenters. The number of urea groups is 1. The summed E-state index contributed by atoms with van der Waals surface area (Å²) < 4.78 is 0. The maximum atomic E-state index is 10.8. The first-order valence-corrected chi connectivity index (χ1v) is 8.29. The van der Waals surface area contributed by atoms with Gasteiger partial charge in [-0.2, -0.15) is 0 Å². The van der Waals surface area contributed by atoms with Crippen molar-refractivity contribution in [3.63, 3.8) is 0 Å². The smallest absolute Gasteiger partial charge is 0.312 e. The van der Waals surface area contributed by atoms with E-state index >= 15 is 0 Å². The fourth-order valence-electron chi connectivity index (χ4n) is 3.12. The Balaban J connectivity index is 1.51. The lowest BCUT2D eigenvalue weighted by Crippen LogP contribution is -2.52. The van der Waals surface area contributed by atoms with Crippen LogP contribution in [-0.2, 0) is 0 Å². The standard InChI is InChI=1S/C19H19N5O/c20-18(25)22-10-13-11-24(12-13)19-21-8-7-17(23-19)16-6-5-14-3-1-2-4-15(14)9-16/h1-9,13H,10-12H2,(H3,20,22,25). The summed E-state index contributed by atoms with van der Waals surface area (Å²) in [5.74, 6) is 1.11. The fourth-order valence-corrected chi connectivity index (χ4v) is 3.12. The van der Waals surface area contributed by atoms with Gasteiger partial charge in [0.25, 0.3) is 0 Å². The summed E-state index contributed by atoms with van der Waals surface area (Å²) in [6, 6.07) is 16.1. The maximum Gasteiger partial charge on any atom is 0.312 e. The normalized spacial score (nSPS) is 14.3. The maximum absolute atomic E-state index is 10.8. The van der Waals surface area contributed by atoms with Gasteiger partial charge in [-0.25, -0.2) is 14.8 Å². The molecule has 0 aliphatic carbocycles. The number of hydrogen-bond donors (Lipinski definition) is 2. The SMILES string of the molecule is NC(=O)NCC1CN(c2nccc(-c3ccc4ccccc4c3)n2)C1. The van der Waals surface area contributed by atoms with Gasteiger partial charge in [-0.15, -0.1) is 0 Å². The van der Waals surface area contributed by atoms with Crippen molar-refractivity contribution in [2.24, 2.45) is 11.7 Å². The van der Waals surface area contributed by atoms with Crippen LogP contribution >= 0.6 is 0 Å². The second kappa shape index (κ2) is 6.39. The molecule has 1 saturated heterocycles. The van der Waals surface area contributed by atoms with E-state index in [-0.39, 0.29) is 0 Å². The first-order chi connectivity index (χ1) is 12.2. The van der Waals surface area contributed by atoms with Crippen LogP contribution in [0.3, 0.4) is 0 Å². The van der Waals surface area contributed by atoms with Crippen molar-refractivity contribution in [2.45, 2.75) is 0 Å². The number of aromatic nitrogens is 2. The van der Waals surface area contributed by atoms with Crippen molar-refractivity contribution in [1.82, 2.24) is 15.3 Å². The topological polar surface area (TPSA) is 84.1 Å². The zero-order valence-corrected chi connectivity index (χ0v) is 13.7. The Hall–Kier alpha value is -3.15. The van der Waals surface area contributed by atoms with Crippen LogP contribution in [0.4, 0.5) is 10.7 Å². The summed E-state index contributed by atoms with van der Waals surface area (Å²) in [5.41, 5.74) is 7.09. The van der Waals surface area contributed by atoms with Crippen LogP contribution in [0, 0.1) is 5.92 Å². The molecule has 3 N–H and O–H groups in total. The van der Waals surface area contributed by atoms with E-state index in [9.17, 15) is 4.79 Å². The molecule has 2 aromatic carbocycles. The molecule has 1 aromatic heterocycles. The number of nitrogens with one attached hydrogen (secondary N) is 1. The van der Waals surface area contributed by atoms with Crippen molar-refractivity contribution < 1.29 is 4.79 Å². The molecule has 2 amide bonds. The minimum Gasteiger partial charge on any atom is -0.352 e. The summed E-state index contributed by atoms with van der Waals surface area (Å²) in [6.45, 7) is 2.24. The number of rotatable bonds is 4. The number of hydrogen-bond acceptors (Lipinski definition) is 4. The first-order valence-electron chi connectivity index (χ1n) is 8.29. The highest BCUT2D eigenvalue weighted by Crippen LogP contribution is 2.26. The van der Waals surface area contributed by atoms with Crippen LogP contribution in [0.25, 0.3) is 22.0 Å². The Morgan fingerprint density at radius 2 is 1.96 bits per heavy atom. The monoisotopic (exact) mass is 333 g/mol. The highest BCUT2D eigenvalue weighted by molar-refractivity contribution is 5.86. The van der Waals surface area contributed by atoms with E-state index in [1.54, 1.807) is 6.20 Å². The molecule has 25 heavy (non-hydrogen) atoms. The average molecular weight is 333 g/mol. The zero-order valence-electron chi connectivity index (χ0n) is 13.7. The summed E-state index contributed by atoms with van der Waals surface area (Å²) >= 11 is 0. The van der Waals surface area contributed by atoms with Crippen LogP contribution < -0.4 is 16.0 Å². The van der Waals surface area contributed by atoms with Gasteiger partial charge >= 0.3 is 6.03 Å². The minimum absolute atomic E-state index is 0.389. The number of benzene rings is 2. The van der Waals surface area contributed by atoms with E-state index in [0.29, 0.717) is 12.5 Å². The largest absolute Gasteiger partial charge is 0.352 e.